The van der Waals surface area contributed by atoms with E-state index in [0.29, 0.717) is 0 Å². The Morgan fingerprint density at radius 1 is 0.203 bits per heavy atom. The summed E-state index contributed by atoms with van der Waals surface area (Å²) in [5.74, 6) is 0. The van der Waals surface area contributed by atoms with Gasteiger partial charge in [-0.15, -0.1) is 0 Å². The Morgan fingerprint density at radius 2 is 0.565 bits per heavy atom. The van der Waals surface area contributed by atoms with E-state index >= 15 is 0 Å². The molecular weight excluding hydrogens is 833 g/mol. The van der Waals surface area contributed by atoms with E-state index in [2.05, 4.69) is 288 Å². The molecule has 0 aliphatic rings. The molecule has 0 spiro atoms. The molecule has 0 saturated heterocycles. The molecule has 0 fully saturated rings. The van der Waals surface area contributed by atoms with Crippen molar-refractivity contribution in [3.05, 3.63) is 301 Å². The molecule has 2 heterocycles. The Labute approximate surface area is 402 Å². The van der Waals surface area contributed by atoms with E-state index in [1.807, 2.05) is 0 Å². The average molecular weight is 879 g/mol. The summed E-state index contributed by atoms with van der Waals surface area (Å²) in [5, 5.41) is 4.90. The second-order valence-corrected chi connectivity index (χ2v) is 18.1. The quantitative estimate of drug-likeness (QED) is 0.128. The molecule has 0 atom stereocenters. The van der Waals surface area contributed by atoms with Crippen molar-refractivity contribution in [2.45, 2.75) is 5.41 Å². The highest BCUT2D eigenvalue weighted by Crippen LogP contribution is 2.47. The first-order valence-corrected chi connectivity index (χ1v) is 23.8. The Bertz CT molecular complexity index is 3870. The van der Waals surface area contributed by atoms with Crippen LogP contribution in [-0.2, 0) is 5.41 Å². The number of benzene rings is 11. The fraction of sp³-hybridized carbons (Fsp3) is 0.0149. The van der Waals surface area contributed by atoms with Gasteiger partial charge in [-0.2, -0.15) is 0 Å². The van der Waals surface area contributed by atoms with E-state index in [0.717, 1.165) is 22.4 Å². The Hall–Kier alpha value is -8.98. The van der Waals surface area contributed by atoms with Crippen LogP contribution in [0.1, 0.15) is 22.3 Å². The molecular formula is C67H46N2. The monoisotopic (exact) mass is 878 g/mol. The Balaban J connectivity index is 1.03. The van der Waals surface area contributed by atoms with Gasteiger partial charge < -0.3 is 9.13 Å². The number of fused-ring (bicyclic) bond motifs is 6. The van der Waals surface area contributed by atoms with Crippen molar-refractivity contribution >= 4 is 43.6 Å². The van der Waals surface area contributed by atoms with Gasteiger partial charge in [-0.1, -0.05) is 206 Å². The van der Waals surface area contributed by atoms with Gasteiger partial charge in [0.05, 0.1) is 27.5 Å². The third kappa shape index (κ3) is 6.72. The van der Waals surface area contributed by atoms with Crippen molar-refractivity contribution < 1.29 is 0 Å². The van der Waals surface area contributed by atoms with E-state index in [1.54, 1.807) is 0 Å². The number of para-hydroxylation sites is 2. The maximum Gasteiger partial charge on any atom is 0.0701 e. The zero-order valence-electron chi connectivity index (χ0n) is 38.0. The maximum atomic E-state index is 2.48. The van der Waals surface area contributed by atoms with Gasteiger partial charge in [-0.05, 0) is 128 Å². The lowest BCUT2D eigenvalue weighted by Crippen LogP contribution is -2.30. The van der Waals surface area contributed by atoms with Gasteiger partial charge in [-0.25, -0.2) is 0 Å². The zero-order valence-corrected chi connectivity index (χ0v) is 38.0. The molecule has 13 rings (SSSR count). The largest absolute Gasteiger partial charge is 0.309 e. The van der Waals surface area contributed by atoms with Gasteiger partial charge in [0, 0.05) is 32.9 Å². The predicted molar refractivity (Wildman–Crippen MR) is 290 cm³/mol. The Morgan fingerprint density at radius 3 is 1.12 bits per heavy atom. The van der Waals surface area contributed by atoms with Gasteiger partial charge >= 0.3 is 0 Å². The summed E-state index contributed by atoms with van der Waals surface area (Å²) < 4.78 is 4.84. The summed E-state index contributed by atoms with van der Waals surface area (Å²) in [5.41, 5.74) is 18.5. The standard InChI is InChI=1S/C67H46N2/c1-6-19-47(20-7-1)49-21-18-22-50(43-49)48-33-38-58(39-34-48)69-65-41-36-52(51-35-40-64-60(44-51)59-31-16-17-32-63(59)68(64)57-29-14-5-15-30-57)45-61(65)62-46-56(37-42-66(62)69)67(53-23-8-2-9-24-53,54-25-10-3-11-26-54)55-27-12-4-13-28-55/h1-46H. The first-order valence-electron chi connectivity index (χ1n) is 23.8. The van der Waals surface area contributed by atoms with Crippen LogP contribution in [0.2, 0.25) is 0 Å². The molecule has 69 heavy (non-hydrogen) atoms. The average Bonchev–Trinajstić information content (AvgIpc) is 3.94. The third-order valence-electron chi connectivity index (χ3n) is 14.3. The SMILES string of the molecule is c1ccc(-c2cccc(-c3ccc(-n4c5ccc(-c6ccc7c(c6)c6ccccc6n7-c6ccccc6)cc5c5cc(C(c6ccccc6)(c6ccccc6)c6ccccc6)ccc54)cc3)c2)cc1. The van der Waals surface area contributed by atoms with Crippen LogP contribution in [0.3, 0.4) is 0 Å². The highest BCUT2D eigenvalue weighted by molar-refractivity contribution is 6.13. The molecule has 324 valence electrons. The van der Waals surface area contributed by atoms with Crippen molar-refractivity contribution in [3.63, 3.8) is 0 Å². The molecule has 13 aromatic rings. The minimum atomic E-state index is -0.585. The second kappa shape index (κ2) is 16.7. The van der Waals surface area contributed by atoms with Gasteiger partial charge in [0.2, 0.25) is 0 Å². The van der Waals surface area contributed by atoms with Crippen LogP contribution in [0, 0.1) is 0 Å². The molecule has 0 aliphatic carbocycles. The van der Waals surface area contributed by atoms with Crippen molar-refractivity contribution in [1.82, 2.24) is 9.13 Å². The molecule has 0 bridgehead atoms. The van der Waals surface area contributed by atoms with E-state index < -0.39 is 5.41 Å². The number of hydrogen-bond donors (Lipinski definition) is 0. The molecule has 0 radical (unpaired) electrons. The highest BCUT2D eigenvalue weighted by Gasteiger charge is 2.38. The summed E-state index contributed by atoms with van der Waals surface area (Å²) >= 11 is 0. The molecule has 0 amide bonds. The van der Waals surface area contributed by atoms with Crippen LogP contribution in [0.15, 0.2) is 279 Å². The lowest BCUT2D eigenvalue weighted by molar-refractivity contribution is 0.746. The van der Waals surface area contributed by atoms with Crippen LogP contribution in [0.5, 0.6) is 0 Å². The van der Waals surface area contributed by atoms with Crippen molar-refractivity contribution in [2.75, 3.05) is 0 Å². The number of rotatable bonds is 9. The van der Waals surface area contributed by atoms with Gasteiger partial charge in [0.15, 0.2) is 0 Å². The minimum absolute atomic E-state index is 0.585. The number of aromatic nitrogens is 2. The Kier molecular flexibility index (Phi) is 9.77. The van der Waals surface area contributed by atoms with E-state index in [9.17, 15) is 0 Å². The second-order valence-electron chi connectivity index (χ2n) is 18.1. The zero-order chi connectivity index (χ0) is 45.7. The number of nitrogens with zero attached hydrogens (tertiary/aromatic N) is 2. The van der Waals surface area contributed by atoms with Crippen molar-refractivity contribution in [3.8, 4) is 44.8 Å². The number of hydrogen-bond acceptors (Lipinski definition) is 0. The van der Waals surface area contributed by atoms with E-state index in [-0.39, 0.29) is 0 Å². The van der Waals surface area contributed by atoms with Gasteiger partial charge in [0.25, 0.3) is 0 Å². The third-order valence-corrected chi connectivity index (χ3v) is 14.3. The summed E-state index contributed by atoms with van der Waals surface area (Å²) in [6, 6.07) is 102. The maximum absolute atomic E-state index is 2.48. The molecule has 2 aromatic heterocycles. The van der Waals surface area contributed by atoms with Gasteiger partial charge in [0.1, 0.15) is 0 Å². The molecule has 0 saturated carbocycles. The molecule has 0 unspecified atom stereocenters. The fourth-order valence-corrected chi connectivity index (χ4v) is 11.1. The summed E-state index contributed by atoms with van der Waals surface area (Å²) in [4.78, 5) is 0. The normalized spacial score (nSPS) is 11.8. The summed E-state index contributed by atoms with van der Waals surface area (Å²) in [6.07, 6.45) is 0. The van der Waals surface area contributed by atoms with Crippen LogP contribution in [-0.4, -0.2) is 9.13 Å². The topological polar surface area (TPSA) is 9.86 Å². The summed E-state index contributed by atoms with van der Waals surface area (Å²) in [7, 11) is 0. The minimum Gasteiger partial charge on any atom is -0.309 e. The lowest BCUT2D eigenvalue weighted by Gasteiger charge is -2.37. The van der Waals surface area contributed by atoms with Crippen LogP contribution in [0.25, 0.3) is 88.4 Å². The predicted octanol–water partition coefficient (Wildman–Crippen LogP) is 17.3. The molecule has 0 aliphatic heterocycles. The molecule has 2 nitrogen and oxygen atoms in total. The first-order chi connectivity index (χ1) is 34.2. The lowest BCUT2D eigenvalue weighted by atomic mass is 9.65. The fourth-order valence-electron chi connectivity index (χ4n) is 11.1. The van der Waals surface area contributed by atoms with E-state index in [4.69, 9.17) is 0 Å². The van der Waals surface area contributed by atoms with Crippen molar-refractivity contribution in [2.24, 2.45) is 0 Å². The van der Waals surface area contributed by atoms with Crippen LogP contribution < -0.4 is 0 Å². The smallest absolute Gasteiger partial charge is 0.0701 e. The molecule has 11 aromatic carbocycles. The summed E-state index contributed by atoms with van der Waals surface area (Å²) in [6.45, 7) is 0. The molecule has 2 heteroatoms. The van der Waals surface area contributed by atoms with Crippen LogP contribution in [0.4, 0.5) is 0 Å². The van der Waals surface area contributed by atoms with Crippen LogP contribution >= 0.6 is 0 Å². The van der Waals surface area contributed by atoms with Gasteiger partial charge in [-0.3, -0.25) is 0 Å². The highest BCUT2D eigenvalue weighted by atomic mass is 15.0. The van der Waals surface area contributed by atoms with Crippen molar-refractivity contribution in [1.29, 1.82) is 0 Å². The molecule has 0 N–H and O–H groups in total. The van der Waals surface area contributed by atoms with E-state index in [1.165, 1.54) is 88.2 Å². The first kappa shape index (κ1) is 40.3.